The number of nitrogens with zero attached hydrogens (tertiary/aromatic N) is 1. The molecule has 1 aliphatic carbocycles. The van der Waals surface area contributed by atoms with Gasteiger partial charge in [-0.2, -0.15) is 0 Å². The summed E-state index contributed by atoms with van der Waals surface area (Å²) in [6.45, 7) is 0. The molecule has 1 aromatic rings. The number of nitrogen functional groups attached to an aromatic ring is 1. The molecule has 4 heteroatoms. The van der Waals surface area contributed by atoms with E-state index in [1.165, 1.54) is 0 Å². The molecule has 1 fully saturated rings. The van der Waals surface area contributed by atoms with Crippen LogP contribution in [-0.2, 0) is 11.2 Å². The Morgan fingerprint density at radius 1 is 1.35 bits per heavy atom. The predicted molar refractivity (Wildman–Crippen MR) is 67.3 cm³/mol. The van der Waals surface area contributed by atoms with Crippen molar-refractivity contribution in [1.29, 1.82) is 0 Å². The highest BCUT2D eigenvalue weighted by Crippen LogP contribution is 2.25. The van der Waals surface area contributed by atoms with E-state index in [-0.39, 0.29) is 12.0 Å². The lowest BCUT2D eigenvalue weighted by Crippen LogP contribution is -2.30. The normalized spacial score (nSPS) is 24.5. The van der Waals surface area contributed by atoms with Crippen LogP contribution >= 0.6 is 0 Å². The molecular formula is C13H19N3O. The number of anilines is 1. The molecule has 0 radical (unpaired) electrons. The molecule has 1 saturated carbocycles. The van der Waals surface area contributed by atoms with E-state index in [4.69, 9.17) is 11.5 Å². The fourth-order valence-corrected chi connectivity index (χ4v) is 2.39. The van der Waals surface area contributed by atoms with E-state index < -0.39 is 0 Å². The van der Waals surface area contributed by atoms with E-state index in [0.29, 0.717) is 18.0 Å². The number of hydrogen-bond acceptors (Lipinski definition) is 4. The van der Waals surface area contributed by atoms with Gasteiger partial charge in [-0.15, -0.1) is 0 Å². The van der Waals surface area contributed by atoms with Crippen molar-refractivity contribution in [2.75, 3.05) is 5.73 Å². The van der Waals surface area contributed by atoms with Crippen LogP contribution in [0.2, 0.25) is 0 Å². The number of nitrogens with two attached hydrogens (primary N) is 2. The summed E-state index contributed by atoms with van der Waals surface area (Å²) >= 11 is 0. The van der Waals surface area contributed by atoms with Gasteiger partial charge in [0.15, 0.2) is 0 Å². The second kappa shape index (κ2) is 5.27. The molecule has 2 rings (SSSR count). The van der Waals surface area contributed by atoms with Crippen molar-refractivity contribution in [3.63, 3.8) is 0 Å². The molecule has 4 N–H and O–H groups in total. The summed E-state index contributed by atoms with van der Waals surface area (Å²) in [6, 6.07) is 3.91. The lowest BCUT2D eigenvalue weighted by molar-refractivity contribution is -0.123. The van der Waals surface area contributed by atoms with Gasteiger partial charge in [-0.05, 0) is 43.4 Å². The van der Waals surface area contributed by atoms with E-state index in [1.807, 2.05) is 6.07 Å². The topological polar surface area (TPSA) is 82.0 Å². The molecule has 0 bridgehead atoms. The van der Waals surface area contributed by atoms with Crippen molar-refractivity contribution < 1.29 is 4.79 Å². The Hall–Kier alpha value is -1.42. The van der Waals surface area contributed by atoms with Crippen molar-refractivity contribution in [2.45, 2.75) is 38.1 Å². The van der Waals surface area contributed by atoms with Gasteiger partial charge in [0, 0.05) is 24.6 Å². The summed E-state index contributed by atoms with van der Waals surface area (Å²) in [5, 5.41) is 0. The Morgan fingerprint density at radius 3 is 2.71 bits per heavy atom. The second-order valence-corrected chi connectivity index (χ2v) is 4.84. The van der Waals surface area contributed by atoms with Gasteiger partial charge in [-0.1, -0.05) is 0 Å². The molecule has 1 aromatic heterocycles. The molecule has 0 aromatic carbocycles. The van der Waals surface area contributed by atoms with E-state index in [1.54, 1.807) is 12.3 Å². The number of aromatic nitrogens is 1. The first-order chi connectivity index (χ1) is 8.15. The van der Waals surface area contributed by atoms with Gasteiger partial charge in [0.2, 0.25) is 0 Å². The maximum absolute atomic E-state index is 12.1. The minimum atomic E-state index is 0.184. The van der Waals surface area contributed by atoms with Crippen LogP contribution in [0.25, 0.3) is 0 Å². The summed E-state index contributed by atoms with van der Waals surface area (Å²) in [4.78, 5) is 16.0. The highest BCUT2D eigenvalue weighted by Gasteiger charge is 2.24. The van der Waals surface area contributed by atoms with Gasteiger partial charge in [-0.3, -0.25) is 4.79 Å². The van der Waals surface area contributed by atoms with Crippen LogP contribution in [0.5, 0.6) is 0 Å². The molecule has 4 nitrogen and oxygen atoms in total. The summed E-state index contributed by atoms with van der Waals surface area (Å²) in [5.74, 6) is 0.965. The largest absolute Gasteiger partial charge is 0.384 e. The minimum Gasteiger partial charge on any atom is -0.384 e. The van der Waals surface area contributed by atoms with Crippen molar-refractivity contribution in [3.05, 3.63) is 23.9 Å². The standard InChI is InChI=1S/C13H19N3O/c14-11-3-1-10(2-4-11)12(17)7-9-5-6-16-13(15)8-9/h5-6,8,10-11H,1-4,7,14H2,(H2,15,16). The smallest absolute Gasteiger partial charge is 0.140 e. The number of carbonyl (C=O) groups excluding carboxylic acids is 1. The van der Waals surface area contributed by atoms with Gasteiger partial charge in [-0.25, -0.2) is 4.98 Å². The molecule has 1 aliphatic rings. The van der Waals surface area contributed by atoms with Crippen LogP contribution in [0.4, 0.5) is 5.82 Å². The number of hydrogen-bond donors (Lipinski definition) is 2. The van der Waals surface area contributed by atoms with E-state index in [0.717, 1.165) is 31.2 Å². The van der Waals surface area contributed by atoms with Crippen LogP contribution in [0.15, 0.2) is 18.3 Å². The molecule has 0 atom stereocenters. The minimum absolute atomic E-state index is 0.184. The first-order valence-electron chi connectivity index (χ1n) is 6.14. The SMILES string of the molecule is Nc1cc(CC(=O)C2CCC(N)CC2)ccn1. The fourth-order valence-electron chi connectivity index (χ4n) is 2.39. The lowest BCUT2D eigenvalue weighted by atomic mass is 9.82. The maximum Gasteiger partial charge on any atom is 0.140 e. The third-order valence-corrected chi connectivity index (χ3v) is 3.45. The molecule has 92 valence electrons. The Labute approximate surface area is 101 Å². The molecule has 17 heavy (non-hydrogen) atoms. The Kier molecular flexibility index (Phi) is 3.74. The molecule has 0 saturated heterocycles. The van der Waals surface area contributed by atoms with Gasteiger partial charge in [0.1, 0.15) is 11.6 Å². The number of pyridine rings is 1. The van der Waals surface area contributed by atoms with Crippen molar-refractivity contribution in [3.8, 4) is 0 Å². The van der Waals surface area contributed by atoms with E-state index in [9.17, 15) is 4.79 Å². The second-order valence-electron chi connectivity index (χ2n) is 4.84. The Balaban J connectivity index is 1.93. The van der Waals surface area contributed by atoms with Crippen molar-refractivity contribution >= 4 is 11.6 Å². The van der Waals surface area contributed by atoms with Crippen molar-refractivity contribution in [1.82, 2.24) is 4.98 Å². The molecular weight excluding hydrogens is 214 g/mol. The van der Waals surface area contributed by atoms with Crippen LogP contribution in [0.1, 0.15) is 31.2 Å². The highest BCUT2D eigenvalue weighted by molar-refractivity contribution is 5.83. The van der Waals surface area contributed by atoms with Gasteiger partial charge >= 0.3 is 0 Å². The number of Topliss-reactive ketones (excluding diaryl/α,β-unsaturated/α-hetero) is 1. The first-order valence-corrected chi connectivity index (χ1v) is 6.14. The third-order valence-electron chi connectivity index (χ3n) is 3.45. The molecule has 0 unspecified atom stereocenters. The summed E-state index contributed by atoms with van der Waals surface area (Å²) in [5.41, 5.74) is 12.4. The summed E-state index contributed by atoms with van der Waals surface area (Å²) in [6.07, 6.45) is 5.91. The lowest BCUT2D eigenvalue weighted by Gasteiger charge is -2.24. The first kappa shape index (κ1) is 12.0. The van der Waals surface area contributed by atoms with E-state index >= 15 is 0 Å². The zero-order valence-corrected chi connectivity index (χ0v) is 9.93. The van der Waals surface area contributed by atoms with Gasteiger partial charge in [0.05, 0.1) is 0 Å². The van der Waals surface area contributed by atoms with Crippen LogP contribution in [-0.4, -0.2) is 16.8 Å². The number of rotatable bonds is 3. The molecule has 0 aliphatic heterocycles. The molecule has 0 amide bonds. The molecule has 1 heterocycles. The zero-order valence-electron chi connectivity index (χ0n) is 9.93. The quantitative estimate of drug-likeness (QED) is 0.824. The Morgan fingerprint density at radius 2 is 2.06 bits per heavy atom. The maximum atomic E-state index is 12.1. The van der Waals surface area contributed by atoms with E-state index in [2.05, 4.69) is 4.98 Å². The predicted octanol–water partition coefficient (Wildman–Crippen LogP) is 1.29. The molecule has 0 spiro atoms. The van der Waals surface area contributed by atoms with Crippen molar-refractivity contribution in [2.24, 2.45) is 11.7 Å². The summed E-state index contributed by atoms with van der Waals surface area (Å²) in [7, 11) is 0. The fraction of sp³-hybridized carbons (Fsp3) is 0.538. The monoisotopic (exact) mass is 233 g/mol. The van der Waals surface area contributed by atoms with Gasteiger partial charge in [0.25, 0.3) is 0 Å². The third kappa shape index (κ3) is 3.27. The number of carbonyl (C=O) groups is 1. The van der Waals surface area contributed by atoms with Crippen LogP contribution < -0.4 is 11.5 Å². The highest BCUT2D eigenvalue weighted by atomic mass is 16.1. The average Bonchev–Trinajstić information content (AvgIpc) is 2.29. The average molecular weight is 233 g/mol. The van der Waals surface area contributed by atoms with Crippen LogP contribution in [0, 0.1) is 5.92 Å². The summed E-state index contributed by atoms with van der Waals surface area (Å²) < 4.78 is 0. The van der Waals surface area contributed by atoms with Gasteiger partial charge < -0.3 is 11.5 Å². The Bertz CT molecular complexity index is 397. The zero-order chi connectivity index (χ0) is 12.3. The number of ketones is 1. The van der Waals surface area contributed by atoms with Crippen LogP contribution in [0.3, 0.4) is 0 Å².